The highest BCUT2D eigenvalue weighted by atomic mass is 16.3. The van der Waals surface area contributed by atoms with Crippen LogP contribution in [0.4, 0.5) is 0 Å². The van der Waals surface area contributed by atoms with Crippen molar-refractivity contribution in [2.24, 2.45) is 51.2 Å². The van der Waals surface area contributed by atoms with Crippen LogP contribution in [0.1, 0.15) is 113 Å². The van der Waals surface area contributed by atoms with E-state index in [0.717, 1.165) is 37.5 Å². The SMILES string of the molecule is CC(C)CCC[C@@H](C)[C@H]1CC[C@@]2(C)C3=CC[C@H]4C(C)(C)[C@@H](O)CC[C@]4(C)[C@H]3[C@H](O)C[C@]12C. The molecule has 9 atom stereocenters. The van der Waals surface area contributed by atoms with Crippen LogP contribution in [0, 0.1) is 51.2 Å². The largest absolute Gasteiger partial charge is 0.393 e. The van der Waals surface area contributed by atoms with E-state index in [0.29, 0.717) is 11.8 Å². The highest BCUT2D eigenvalue weighted by Gasteiger charge is 2.67. The standard InChI is InChI=1S/C30H52O2/c1-19(2)10-9-11-20(3)21-14-17-29(7)22-12-13-24-27(4,5)25(32)15-16-28(24,6)26(22)23(31)18-30(21,29)8/h12,19-21,23-26,31-32H,9-11,13-18H2,1-8H3/t20-,21-,23-,24+,25+,26-,28+,29+,30-/m1/s1. The van der Waals surface area contributed by atoms with Gasteiger partial charge in [-0.1, -0.05) is 86.3 Å². The quantitative estimate of drug-likeness (QED) is 0.434. The molecule has 2 heteroatoms. The van der Waals surface area contributed by atoms with Crippen LogP contribution in [0.3, 0.4) is 0 Å². The Hall–Kier alpha value is -0.340. The molecule has 2 N–H and O–H groups in total. The first-order chi connectivity index (χ1) is 14.8. The van der Waals surface area contributed by atoms with Crippen LogP contribution < -0.4 is 0 Å². The Balaban J connectivity index is 1.65. The summed E-state index contributed by atoms with van der Waals surface area (Å²) in [5.74, 6) is 2.96. The molecule has 0 aromatic rings. The van der Waals surface area contributed by atoms with Gasteiger partial charge in [-0.3, -0.25) is 0 Å². The normalized spacial score (nSPS) is 48.6. The van der Waals surface area contributed by atoms with Crippen molar-refractivity contribution in [3.63, 3.8) is 0 Å². The number of aliphatic hydroxyl groups excluding tert-OH is 2. The Morgan fingerprint density at radius 3 is 2.31 bits per heavy atom. The van der Waals surface area contributed by atoms with Gasteiger partial charge in [0.25, 0.3) is 0 Å². The summed E-state index contributed by atoms with van der Waals surface area (Å²) in [5.41, 5.74) is 2.01. The minimum Gasteiger partial charge on any atom is -0.393 e. The lowest BCUT2D eigenvalue weighted by Gasteiger charge is -2.65. The molecular formula is C30H52O2. The van der Waals surface area contributed by atoms with Gasteiger partial charge in [-0.25, -0.2) is 0 Å². The molecule has 4 aliphatic rings. The maximum Gasteiger partial charge on any atom is 0.0616 e. The molecule has 4 rings (SSSR count). The average Bonchev–Trinajstić information content (AvgIpc) is 2.96. The minimum atomic E-state index is -0.248. The number of aliphatic hydroxyl groups is 2. The van der Waals surface area contributed by atoms with E-state index in [1.54, 1.807) is 5.57 Å². The van der Waals surface area contributed by atoms with E-state index in [4.69, 9.17) is 0 Å². The van der Waals surface area contributed by atoms with Gasteiger partial charge in [0.2, 0.25) is 0 Å². The molecule has 0 bridgehead atoms. The lowest BCUT2D eigenvalue weighted by molar-refractivity contribution is -0.160. The Bertz CT molecular complexity index is 737. The monoisotopic (exact) mass is 444 g/mol. The Morgan fingerprint density at radius 1 is 0.969 bits per heavy atom. The van der Waals surface area contributed by atoms with Crippen LogP contribution >= 0.6 is 0 Å². The van der Waals surface area contributed by atoms with Crippen LogP contribution in [0.25, 0.3) is 0 Å². The van der Waals surface area contributed by atoms with E-state index >= 15 is 0 Å². The van der Waals surface area contributed by atoms with Crippen molar-refractivity contribution in [3.05, 3.63) is 11.6 Å². The zero-order valence-electron chi connectivity index (χ0n) is 22.4. The summed E-state index contributed by atoms with van der Waals surface area (Å²) in [4.78, 5) is 0. The van der Waals surface area contributed by atoms with Gasteiger partial charge in [0.15, 0.2) is 0 Å². The van der Waals surface area contributed by atoms with Crippen molar-refractivity contribution in [1.82, 2.24) is 0 Å². The highest BCUT2D eigenvalue weighted by Crippen LogP contribution is 2.73. The van der Waals surface area contributed by atoms with Gasteiger partial charge in [-0.2, -0.15) is 0 Å². The zero-order chi connectivity index (χ0) is 23.7. The summed E-state index contributed by atoms with van der Waals surface area (Å²) in [5, 5.41) is 22.6. The fourth-order valence-electron chi connectivity index (χ4n) is 9.79. The molecule has 184 valence electrons. The Labute approximate surface area is 198 Å². The first-order valence-electron chi connectivity index (χ1n) is 13.9. The first kappa shape index (κ1) is 24.8. The smallest absolute Gasteiger partial charge is 0.0616 e. The van der Waals surface area contributed by atoms with Gasteiger partial charge in [-0.05, 0) is 83.9 Å². The molecule has 0 aromatic carbocycles. The number of hydrogen-bond acceptors (Lipinski definition) is 2. The summed E-state index contributed by atoms with van der Waals surface area (Å²) in [6.45, 7) is 19.3. The van der Waals surface area contributed by atoms with Crippen LogP contribution in [0.2, 0.25) is 0 Å². The van der Waals surface area contributed by atoms with Crippen molar-refractivity contribution >= 4 is 0 Å². The van der Waals surface area contributed by atoms with Crippen LogP contribution in [-0.4, -0.2) is 22.4 Å². The molecule has 0 aliphatic heterocycles. The third kappa shape index (κ3) is 3.40. The van der Waals surface area contributed by atoms with Gasteiger partial charge < -0.3 is 10.2 Å². The van der Waals surface area contributed by atoms with Crippen molar-refractivity contribution in [2.75, 3.05) is 0 Å². The lowest BCUT2D eigenvalue weighted by atomic mass is 9.40. The van der Waals surface area contributed by atoms with Gasteiger partial charge >= 0.3 is 0 Å². The molecule has 3 saturated carbocycles. The molecule has 0 radical (unpaired) electrons. The van der Waals surface area contributed by atoms with E-state index in [1.807, 2.05) is 0 Å². The van der Waals surface area contributed by atoms with Crippen molar-refractivity contribution in [2.45, 2.75) is 125 Å². The second-order valence-corrected chi connectivity index (χ2v) is 14.3. The molecule has 0 heterocycles. The molecule has 2 nitrogen and oxygen atoms in total. The summed E-state index contributed by atoms with van der Waals surface area (Å²) in [7, 11) is 0. The fraction of sp³-hybridized carbons (Fsp3) is 0.933. The Kier molecular flexibility index (Phi) is 6.28. The lowest BCUT2D eigenvalue weighted by Crippen LogP contribution is -2.61. The molecule has 0 saturated heterocycles. The van der Waals surface area contributed by atoms with E-state index in [-0.39, 0.29) is 39.8 Å². The Morgan fingerprint density at radius 2 is 1.66 bits per heavy atom. The van der Waals surface area contributed by atoms with E-state index in [2.05, 4.69) is 61.5 Å². The molecule has 3 fully saturated rings. The minimum absolute atomic E-state index is 0.0838. The molecular weight excluding hydrogens is 392 g/mol. The second-order valence-electron chi connectivity index (χ2n) is 14.3. The number of rotatable bonds is 5. The molecule has 0 unspecified atom stereocenters. The van der Waals surface area contributed by atoms with Gasteiger partial charge in [0.1, 0.15) is 0 Å². The molecule has 0 amide bonds. The topological polar surface area (TPSA) is 40.5 Å². The van der Waals surface area contributed by atoms with E-state index < -0.39 is 0 Å². The summed E-state index contributed by atoms with van der Waals surface area (Å²) in [6.07, 6.45) is 12.6. The molecule has 32 heavy (non-hydrogen) atoms. The van der Waals surface area contributed by atoms with Gasteiger partial charge in [-0.15, -0.1) is 0 Å². The van der Waals surface area contributed by atoms with E-state index in [9.17, 15) is 10.2 Å². The molecule has 0 aromatic heterocycles. The third-order valence-electron chi connectivity index (χ3n) is 11.9. The summed E-state index contributed by atoms with van der Waals surface area (Å²) in [6, 6.07) is 0. The second kappa shape index (κ2) is 8.11. The molecule has 4 aliphatic carbocycles. The fourth-order valence-corrected chi connectivity index (χ4v) is 9.79. The zero-order valence-corrected chi connectivity index (χ0v) is 22.4. The van der Waals surface area contributed by atoms with Crippen LogP contribution in [-0.2, 0) is 0 Å². The maximum atomic E-state index is 11.8. The van der Waals surface area contributed by atoms with Crippen molar-refractivity contribution < 1.29 is 10.2 Å². The number of hydrogen-bond donors (Lipinski definition) is 2. The van der Waals surface area contributed by atoms with Crippen LogP contribution in [0.15, 0.2) is 11.6 Å². The maximum absolute atomic E-state index is 11.8. The average molecular weight is 445 g/mol. The number of fused-ring (bicyclic) bond motifs is 5. The third-order valence-corrected chi connectivity index (χ3v) is 11.9. The summed E-state index contributed by atoms with van der Waals surface area (Å²) < 4.78 is 0. The van der Waals surface area contributed by atoms with Gasteiger partial charge in [0, 0.05) is 5.92 Å². The highest BCUT2D eigenvalue weighted by molar-refractivity contribution is 5.34. The van der Waals surface area contributed by atoms with Crippen molar-refractivity contribution in [3.8, 4) is 0 Å². The van der Waals surface area contributed by atoms with Crippen molar-refractivity contribution in [1.29, 1.82) is 0 Å². The summed E-state index contributed by atoms with van der Waals surface area (Å²) >= 11 is 0. The van der Waals surface area contributed by atoms with E-state index in [1.165, 1.54) is 32.1 Å². The molecule has 0 spiro atoms. The van der Waals surface area contributed by atoms with Crippen LogP contribution in [0.5, 0.6) is 0 Å². The first-order valence-corrected chi connectivity index (χ1v) is 13.9. The van der Waals surface area contributed by atoms with Gasteiger partial charge in [0.05, 0.1) is 12.2 Å². The predicted octanol–water partition coefficient (Wildman–Crippen LogP) is 7.39. The predicted molar refractivity (Wildman–Crippen MR) is 134 cm³/mol. The number of allylic oxidation sites excluding steroid dienone is 1.